The van der Waals surface area contributed by atoms with E-state index in [1.165, 1.54) is 0 Å². The van der Waals surface area contributed by atoms with Crippen LogP contribution in [0.25, 0.3) is 21.2 Å². The normalized spacial score (nSPS) is 11.4. The van der Waals surface area contributed by atoms with Gasteiger partial charge < -0.3 is 39.6 Å². The quantitative estimate of drug-likeness (QED) is 0.0684. The molecular formula is C32H42N6O7. The van der Waals surface area contributed by atoms with Gasteiger partial charge in [-0.2, -0.15) is 0 Å². The molecule has 3 aromatic carbocycles. The molecule has 1 atom stereocenters. The Bertz CT molecular complexity index is 1360. The van der Waals surface area contributed by atoms with Crippen LogP contribution in [0.3, 0.4) is 0 Å². The van der Waals surface area contributed by atoms with Crippen molar-refractivity contribution in [2.24, 2.45) is 5.11 Å². The lowest BCUT2D eigenvalue weighted by Gasteiger charge is -2.23. The Morgan fingerprint density at radius 1 is 0.978 bits per heavy atom. The molecule has 0 spiro atoms. The zero-order valence-corrected chi connectivity index (χ0v) is 25.6. The van der Waals surface area contributed by atoms with Gasteiger partial charge in [0.1, 0.15) is 25.1 Å². The van der Waals surface area contributed by atoms with Crippen LogP contribution in [0.2, 0.25) is 0 Å². The molecule has 3 rings (SSSR count). The van der Waals surface area contributed by atoms with E-state index in [-0.39, 0.29) is 51.8 Å². The second-order valence-corrected chi connectivity index (χ2v) is 9.94. The summed E-state index contributed by atoms with van der Waals surface area (Å²) in [4.78, 5) is 29.6. The van der Waals surface area contributed by atoms with Gasteiger partial charge >= 0.3 is 6.09 Å². The van der Waals surface area contributed by atoms with E-state index in [9.17, 15) is 14.7 Å². The number of nitrogens with one attached hydrogen (secondary N) is 2. The number of azide groups is 1. The summed E-state index contributed by atoms with van der Waals surface area (Å²) in [5.41, 5.74) is 9.94. The SMILES string of the molecule is CCOCCOCCOC(=O)NCCN(Cc1ccc(N=[N+]=[N-])cc1)C(=O)CCNC[C@H](O)COc1cccc2ccccc12. The number of benzene rings is 3. The number of ether oxygens (including phenoxy) is 4. The Labute approximate surface area is 263 Å². The van der Waals surface area contributed by atoms with Crippen LogP contribution in [0.1, 0.15) is 18.9 Å². The maximum atomic E-state index is 13.2. The standard InChI is InChI=1S/C32H42N6O7/c1-2-42-18-19-43-20-21-44-32(41)35-16-17-38(23-25-10-12-27(13-11-25)36-37-33)31(40)14-15-34-22-28(39)24-45-30-9-5-7-26-6-3-4-8-29(26)30/h3-13,28,34,39H,2,14-24H2,1H3,(H,35,41)/t28-/m0/s1. The molecule has 45 heavy (non-hydrogen) atoms. The van der Waals surface area contributed by atoms with Crippen LogP contribution in [-0.2, 0) is 25.5 Å². The lowest BCUT2D eigenvalue weighted by atomic mass is 10.1. The number of carbonyl (C=O) groups excluding carboxylic acids is 2. The van der Waals surface area contributed by atoms with Gasteiger partial charge in [0.2, 0.25) is 5.91 Å². The second-order valence-electron chi connectivity index (χ2n) is 9.94. The van der Waals surface area contributed by atoms with Crippen LogP contribution in [0.4, 0.5) is 10.5 Å². The minimum atomic E-state index is -0.768. The van der Waals surface area contributed by atoms with Crippen molar-refractivity contribution in [3.05, 3.63) is 82.7 Å². The molecule has 13 nitrogen and oxygen atoms in total. The van der Waals surface area contributed by atoms with Crippen molar-refractivity contribution in [3.8, 4) is 5.75 Å². The predicted molar refractivity (Wildman–Crippen MR) is 170 cm³/mol. The monoisotopic (exact) mass is 622 g/mol. The Balaban J connectivity index is 1.42. The summed E-state index contributed by atoms with van der Waals surface area (Å²) in [6.07, 6.45) is -1.19. The van der Waals surface area contributed by atoms with Crippen LogP contribution in [0, 0.1) is 0 Å². The predicted octanol–water partition coefficient (Wildman–Crippen LogP) is 4.31. The van der Waals surface area contributed by atoms with Gasteiger partial charge in [-0.25, -0.2) is 4.79 Å². The highest BCUT2D eigenvalue weighted by atomic mass is 16.6. The largest absolute Gasteiger partial charge is 0.490 e. The van der Waals surface area contributed by atoms with E-state index in [2.05, 4.69) is 20.7 Å². The Morgan fingerprint density at radius 3 is 2.53 bits per heavy atom. The van der Waals surface area contributed by atoms with E-state index in [1.54, 1.807) is 29.2 Å². The molecule has 0 unspecified atom stereocenters. The molecule has 0 fully saturated rings. The molecule has 13 heteroatoms. The fraction of sp³-hybridized carbons (Fsp3) is 0.438. The first-order chi connectivity index (χ1) is 22.0. The summed E-state index contributed by atoms with van der Waals surface area (Å²) in [7, 11) is 0. The van der Waals surface area contributed by atoms with Crippen molar-refractivity contribution in [1.82, 2.24) is 15.5 Å². The number of hydrogen-bond donors (Lipinski definition) is 3. The molecule has 2 amide bonds. The number of alkyl carbamates (subject to hydrolysis) is 1. The zero-order chi connectivity index (χ0) is 32.1. The summed E-state index contributed by atoms with van der Waals surface area (Å²) < 4.78 is 21.5. The fourth-order valence-electron chi connectivity index (χ4n) is 4.32. The molecule has 3 N–H and O–H groups in total. The number of amides is 2. The van der Waals surface area contributed by atoms with Gasteiger partial charge in [0.15, 0.2) is 0 Å². The lowest BCUT2D eigenvalue weighted by molar-refractivity contribution is -0.131. The van der Waals surface area contributed by atoms with Crippen LogP contribution >= 0.6 is 0 Å². The van der Waals surface area contributed by atoms with Crippen LogP contribution in [0.15, 0.2) is 71.8 Å². The molecule has 0 radical (unpaired) electrons. The van der Waals surface area contributed by atoms with Gasteiger partial charge in [0.25, 0.3) is 0 Å². The molecule has 0 aromatic heterocycles. The topological polar surface area (TPSA) is 167 Å². The summed E-state index contributed by atoms with van der Waals surface area (Å²) in [5.74, 6) is 0.565. The van der Waals surface area contributed by atoms with Gasteiger partial charge in [-0.05, 0) is 29.5 Å². The van der Waals surface area contributed by atoms with Crippen LogP contribution < -0.4 is 15.4 Å². The third-order valence-electron chi connectivity index (χ3n) is 6.59. The minimum absolute atomic E-state index is 0.0998. The third-order valence-corrected chi connectivity index (χ3v) is 6.59. The highest BCUT2D eigenvalue weighted by Crippen LogP contribution is 2.25. The van der Waals surface area contributed by atoms with Crippen LogP contribution in [-0.4, -0.2) is 93.9 Å². The number of aliphatic hydroxyl groups excluding tert-OH is 1. The van der Waals surface area contributed by atoms with Gasteiger partial charge in [0.05, 0.1) is 19.8 Å². The highest BCUT2D eigenvalue weighted by molar-refractivity contribution is 5.88. The van der Waals surface area contributed by atoms with E-state index in [0.29, 0.717) is 44.3 Å². The molecule has 242 valence electrons. The maximum absolute atomic E-state index is 13.2. The van der Waals surface area contributed by atoms with Crippen molar-refractivity contribution in [2.45, 2.75) is 26.0 Å². The lowest BCUT2D eigenvalue weighted by Crippen LogP contribution is -2.40. The van der Waals surface area contributed by atoms with Crippen molar-refractivity contribution >= 4 is 28.5 Å². The molecule has 0 aliphatic carbocycles. The zero-order valence-electron chi connectivity index (χ0n) is 25.6. The summed E-state index contributed by atoms with van der Waals surface area (Å²) in [5, 5.41) is 21.8. The molecule has 0 saturated carbocycles. The summed E-state index contributed by atoms with van der Waals surface area (Å²) >= 11 is 0. The molecular weight excluding hydrogens is 580 g/mol. The van der Waals surface area contributed by atoms with E-state index < -0.39 is 12.2 Å². The van der Waals surface area contributed by atoms with Gasteiger partial charge in [-0.1, -0.05) is 65.8 Å². The van der Waals surface area contributed by atoms with Gasteiger partial charge in [0, 0.05) is 61.7 Å². The van der Waals surface area contributed by atoms with Crippen molar-refractivity contribution in [1.29, 1.82) is 0 Å². The first kappa shape index (κ1) is 35.1. The second kappa shape index (κ2) is 20.5. The molecule has 0 aliphatic rings. The first-order valence-corrected chi connectivity index (χ1v) is 15.0. The number of carbonyl (C=O) groups is 2. The number of nitrogens with zero attached hydrogens (tertiary/aromatic N) is 4. The number of aliphatic hydroxyl groups is 1. The van der Waals surface area contributed by atoms with Crippen molar-refractivity contribution in [2.75, 3.05) is 65.8 Å². The van der Waals surface area contributed by atoms with E-state index >= 15 is 0 Å². The average molecular weight is 623 g/mol. The Hall–Kier alpha value is -4.39. The minimum Gasteiger partial charge on any atom is -0.490 e. The first-order valence-electron chi connectivity index (χ1n) is 15.0. The molecule has 0 heterocycles. The summed E-state index contributed by atoms with van der Waals surface area (Å²) in [6, 6.07) is 20.6. The third kappa shape index (κ3) is 13.4. The van der Waals surface area contributed by atoms with E-state index in [4.69, 9.17) is 24.5 Å². The van der Waals surface area contributed by atoms with Crippen LogP contribution in [0.5, 0.6) is 5.75 Å². The van der Waals surface area contributed by atoms with Gasteiger partial charge in [-0.3, -0.25) is 4.79 Å². The van der Waals surface area contributed by atoms with Gasteiger partial charge in [-0.15, -0.1) is 0 Å². The van der Waals surface area contributed by atoms with E-state index in [0.717, 1.165) is 16.3 Å². The Morgan fingerprint density at radius 2 is 1.73 bits per heavy atom. The maximum Gasteiger partial charge on any atom is 0.407 e. The number of rotatable bonds is 21. The highest BCUT2D eigenvalue weighted by Gasteiger charge is 2.15. The molecule has 0 bridgehead atoms. The molecule has 3 aromatic rings. The molecule has 0 aliphatic heterocycles. The number of fused-ring (bicyclic) bond motifs is 1. The summed E-state index contributed by atoms with van der Waals surface area (Å²) in [6.45, 7) is 5.21. The average Bonchev–Trinajstić information content (AvgIpc) is 3.05. The molecule has 0 saturated heterocycles. The van der Waals surface area contributed by atoms with Crippen molar-refractivity contribution in [3.63, 3.8) is 0 Å². The fourth-order valence-corrected chi connectivity index (χ4v) is 4.32. The van der Waals surface area contributed by atoms with E-state index in [1.807, 2.05) is 49.4 Å². The smallest absolute Gasteiger partial charge is 0.407 e. The Kier molecular flexibility index (Phi) is 16.0. The number of hydrogen-bond acceptors (Lipinski definition) is 9. The van der Waals surface area contributed by atoms with Crippen molar-refractivity contribution < 1.29 is 33.6 Å².